The van der Waals surface area contributed by atoms with Crippen molar-refractivity contribution in [3.05, 3.63) is 23.8 Å². The zero-order valence-corrected chi connectivity index (χ0v) is 8.40. The molecule has 0 bridgehead atoms. The van der Waals surface area contributed by atoms with Gasteiger partial charge >= 0.3 is 0 Å². The lowest BCUT2D eigenvalue weighted by atomic mass is 10.1. The van der Waals surface area contributed by atoms with E-state index in [1.165, 1.54) is 0 Å². The summed E-state index contributed by atoms with van der Waals surface area (Å²) < 4.78 is 0. The zero-order valence-electron chi connectivity index (χ0n) is 7.58. The van der Waals surface area contributed by atoms with Crippen LogP contribution in [0.3, 0.4) is 0 Å². The number of rotatable bonds is 2. The summed E-state index contributed by atoms with van der Waals surface area (Å²) in [6.07, 6.45) is 4.01. The fraction of sp³-hybridized carbons (Fsp3) is 0.400. The lowest BCUT2D eigenvalue weighted by Gasteiger charge is -2.10. The standard InChI is InChI=1S/C10H13NOS/c1-13-9-3-2-7(6-8(9)12)10(11)4-5-10/h2-3,6,12H,4-5,11H2,1H3. The molecule has 0 aliphatic heterocycles. The van der Waals surface area contributed by atoms with Gasteiger partial charge in [-0.15, -0.1) is 11.8 Å². The van der Waals surface area contributed by atoms with E-state index in [0.717, 1.165) is 23.3 Å². The first-order valence-corrected chi connectivity index (χ1v) is 5.54. The highest BCUT2D eigenvalue weighted by Gasteiger charge is 2.40. The van der Waals surface area contributed by atoms with E-state index < -0.39 is 0 Å². The molecule has 0 aromatic heterocycles. The zero-order chi connectivity index (χ0) is 9.47. The molecule has 0 saturated heterocycles. The van der Waals surface area contributed by atoms with E-state index in [9.17, 15) is 5.11 Å². The summed E-state index contributed by atoms with van der Waals surface area (Å²) in [5, 5.41) is 9.61. The first kappa shape index (κ1) is 8.91. The van der Waals surface area contributed by atoms with Crippen LogP contribution in [0.25, 0.3) is 0 Å². The van der Waals surface area contributed by atoms with Gasteiger partial charge in [0.05, 0.1) is 0 Å². The van der Waals surface area contributed by atoms with Gasteiger partial charge in [-0.2, -0.15) is 0 Å². The lowest BCUT2D eigenvalue weighted by molar-refractivity contribution is 0.460. The average molecular weight is 195 g/mol. The Morgan fingerprint density at radius 3 is 2.62 bits per heavy atom. The number of aromatic hydroxyl groups is 1. The molecule has 1 aliphatic carbocycles. The number of benzene rings is 1. The van der Waals surface area contributed by atoms with Crippen molar-refractivity contribution in [3.63, 3.8) is 0 Å². The van der Waals surface area contributed by atoms with Crippen molar-refractivity contribution in [2.45, 2.75) is 23.3 Å². The van der Waals surface area contributed by atoms with E-state index in [1.807, 2.05) is 18.4 Å². The molecule has 0 spiro atoms. The van der Waals surface area contributed by atoms with Crippen molar-refractivity contribution in [2.75, 3.05) is 6.26 Å². The van der Waals surface area contributed by atoms with Crippen molar-refractivity contribution in [3.8, 4) is 5.75 Å². The predicted molar refractivity (Wildman–Crippen MR) is 55.0 cm³/mol. The number of hydrogen-bond donors (Lipinski definition) is 2. The molecule has 1 aliphatic rings. The van der Waals surface area contributed by atoms with Crippen molar-refractivity contribution >= 4 is 11.8 Å². The molecule has 0 heterocycles. The molecule has 1 aromatic rings. The second-order valence-corrected chi connectivity index (χ2v) is 4.39. The molecule has 3 heteroatoms. The highest BCUT2D eigenvalue weighted by molar-refractivity contribution is 7.98. The molecule has 1 fully saturated rings. The fourth-order valence-corrected chi connectivity index (χ4v) is 1.90. The molecular weight excluding hydrogens is 182 g/mol. The van der Waals surface area contributed by atoms with Crippen LogP contribution in [0.15, 0.2) is 23.1 Å². The minimum atomic E-state index is -0.144. The maximum Gasteiger partial charge on any atom is 0.129 e. The normalized spacial score (nSPS) is 18.6. The third kappa shape index (κ3) is 1.54. The van der Waals surface area contributed by atoms with Crippen molar-refractivity contribution in [1.82, 2.24) is 0 Å². The number of thioether (sulfide) groups is 1. The average Bonchev–Trinajstić information content (AvgIpc) is 2.85. The van der Waals surface area contributed by atoms with Crippen LogP contribution in [0.5, 0.6) is 5.75 Å². The van der Waals surface area contributed by atoms with Crippen LogP contribution >= 0.6 is 11.8 Å². The number of phenols is 1. The van der Waals surface area contributed by atoms with Crippen LogP contribution in [0.4, 0.5) is 0 Å². The van der Waals surface area contributed by atoms with Gasteiger partial charge in [0.2, 0.25) is 0 Å². The summed E-state index contributed by atoms with van der Waals surface area (Å²) >= 11 is 1.54. The van der Waals surface area contributed by atoms with Gasteiger partial charge in [-0.3, -0.25) is 0 Å². The molecule has 2 nitrogen and oxygen atoms in total. The van der Waals surface area contributed by atoms with Crippen molar-refractivity contribution < 1.29 is 5.11 Å². The summed E-state index contributed by atoms with van der Waals surface area (Å²) in [7, 11) is 0. The lowest BCUT2D eigenvalue weighted by Crippen LogP contribution is -2.18. The largest absolute Gasteiger partial charge is 0.507 e. The monoisotopic (exact) mass is 195 g/mol. The molecule has 1 aromatic carbocycles. The third-order valence-corrected chi connectivity index (χ3v) is 3.33. The molecule has 2 rings (SSSR count). The van der Waals surface area contributed by atoms with Gasteiger partial charge < -0.3 is 10.8 Å². The molecule has 3 N–H and O–H groups in total. The molecule has 0 atom stereocenters. The first-order valence-electron chi connectivity index (χ1n) is 4.32. The van der Waals surface area contributed by atoms with Gasteiger partial charge in [-0.1, -0.05) is 6.07 Å². The van der Waals surface area contributed by atoms with E-state index in [0.29, 0.717) is 5.75 Å². The van der Waals surface area contributed by atoms with Crippen LogP contribution in [-0.4, -0.2) is 11.4 Å². The van der Waals surface area contributed by atoms with Crippen molar-refractivity contribution in [2.24, 2.45) is 5.73 Å². The molecule has 70 valence electrons. The molecule has 0 amide bonds. The molecular formula is C10H13NOS. The highest BCUT2D eigenvalue weighted by Crippen LogP contribution is 2.44. The van der Waals surface area contributed by atoms with E-state index in [-0.39, 0.29) is 5.54 Å². The minimum Gasteiger partial charge on any atom is -0.507 e. The Bertz CT molecular complexity index is 334. The van der Waals surface area contributed by atoms with Gasteiger partial charge in [0.25, 0.3) is 0 Å². The molecule has 0 radical (unpaired) electrons. The predicted octanol–water partition coefficient (Wildman–Crippen LogP) is 2.06. The maximum absolute atomic E-state index is 9.61. The van der Waals surface area contributed by atoms with Crippen LogP contribution in [0.2, 0.25) is 0 Å². The van der Waals surface area contributed by atoms with Gasteiger partial charge in [0, 0.05) is 10.4 Å². The van der Waals surface area contributed by atoms with Crippen molar-refractivity contribution in [1.29, 1.82) is 0 Å². The SMILES string of the molecule is CSc1ccc(C2(N)CC2)cc1O. The summed E-state index contributed by atoms with van der Waals surface area (Å²) in [5.74, 6) is 0.349. The third-order valence-electron chi connectivity index (χ3n) is 2.54. The Kier molecular flexibility index (Phi) is 2.00. The molecule has 13 heavy (non-hydrogen) atoms. The second-order valence-electron chi connectivity index (χ2n) is 3.54. The quantitative estimate of drug-likeness (QED) is 0.710. The minimum absolute atomic E-state index is 0.144. The van der Waals surface area contributed by atoms with Crippen LogP contribution in [-0.2, 0) is 5.54 Å². The number of nitrogens with two attached hydrogens (primary N) is 1. The van der Waals surface area contributed by atoms with Gasteiger partial charge in [0.15, 0.2) is 0 Å². The molecule has 1 saturated carbocycles. The molecule has 0 unspecified atom stereocenters. The Balaban J connectivity index is 2.36. The van der Waals surface area contributed by atoms with Crippen LogP contribution < -0.4 is 5.73 Å². The Hall–Kier alpha value is -0.670. The first-order chi connectivity index (χ1) is 6.15. The van der Waals surface area contributed by atoms with Crippen LogP contribution in [0.1, 0.15) is 18.4 Å². The second kappa shape index (κ2) is 2.93. The van der Waals surface area contributed by atoms with E-state index in [4.69, 9.17) is 5.73 Å². The van der Waals surface area contributed by atoms with Gasteiger partial charge in [-0.05, 0) is 36.8 Å². The highest BCUT2D eigenvalue weighted by atomic mass is 32.2. The Morgan fingerprint density at radius 1 is 1.46 bits per heavy atom. The number of phenolic OH excluding ortho intramolecular Hbond substituents is 1. The van der Waals surface area contributed by atoms with E-state index >= 15 is 0 Å². The smallest absolute Gasteiger partial charge is 0.129 e. The number of hydrogen-bond acceptors (Lipinski definition) is 3. The van der Waals surface area contributed by atoms with Gasteiger partial charge in [0.1, 0.15) is 5.75 Å². The topological polar surface area (TPSA) is 46.2 Å². The fourth-order valence-electron chi connectivity index (χ4n) is 1.42. The summed E-state index contributed by atoms with van der Waals surface area (Å²) in [5.41, 5.74) is 6.92. The van der Waals surface area contributed by atoms with Crippen LogP contribution in [0, 0.1) is 0 Å². The maximum atomic E-state index is 9.61. The van der Waals surface area contributed by atoms with E-state index in [1.54, 1.807) is 17.8 Å². The van der Waals surface area contributed by atoms with Gasteiger partial charge in [-0.25, -0.2) is 0 Å². The summed E-state index contributed by atoms with van der Waals surface area (Å²) in [6.45, 7) is 0. The summed E-state index contributed by atoms with van der Waals surface area (Å²) in [6, 6.07) is 5.74. The Morgan fingerprint density at radius 2 is 2.15 bits per heavy atom. The summed E-state index contributed by atoms with van der Waals surface area (Å²) in [4.78, 5) is 0.910. The van der Waals surface area contributed by atoms with E-state index in [2.05, 4.69) is 0 Å². The Labute approximate surface area is 82.1 Å².